The first kappa shape index (κ1) is 15.4. The molecule has 0 aliphatic carbocycles. The Hall–Kier alpha value is -1.66. The van der Waals surface area contributed by atoms with Crippen molar-refractivity contribution in [1.82, 2.24) is 5.32 Å². The Kier molecular flexibility index (Phi) is 4.85. The van der Waals surface area contributed by atoms with E-state index >= 15 is 0 Å². The lowest BCUT2D eigenvalue weighted by Crippen LogP contribution is -2.50. The van der Waals surface area contributed by atoms with Crippen LogP contribution in [0.3, 0.4) is 0 Å². The molecule has 0 aromatic heterocycles. The molecule has 0 saturated carbocycles. The summed E-state index contributed by atoms with van der Waals surface area (Å²) in [6.45, 7) is -0.237. The average Bonchev–Trinajstić information content (AvgIpc) is 2.34. The van der Waals surface area contributed by atoms with Gasteiger partial charge in [0.05, 0.1) is 0 Å². The minimum Gasteiger partial charge on any atom is -0.351 e. The second-order valence-corrected chi connectivity index (χ2v) is 3.92. The van der Waals surface area contributed by atoms with Crippen LogP contribution in [-0.2, 0) is 11.2 Å². The van der Waals surface area contributed by atoms with Gasteiger partial charge in [-0.1, -0.05) is 30.3 Å². The van der Waals surface area contributed by atoms with Gasteiger partial charge in [0.1, 0.15) is 0 Å². The van der Waals surface area contributed by atoms with E-state index in [2.05, 4.69) is 0 Å². The number of nitrogens with one attached hydrogen (secondary N) is 1. The highest BCUT2D eigenvalue weighted by molar-refractivity contribution is 5.84. The van der Waals surface area contributed by atoms with Crippen LogP contribution in [0.2, 0.25) is 0 Å². The largest absolute Gasteiger partial charge is 0.463 e. The Balaban J connectivity index is 2.36. The van der Waals surface area contributed by atoms with Crippen molar-refractivity contribution in [2.75, 3.05) is 6.54 Å². The first-order chi connectivity index (χ1) is 8.75. The summed E-state index contributed by atoms with van der Waals surface area (Å²) >= 11 is 0. The highest BCUT2D eigenvalue weighted by atomic mass is 19.4. The monoisotopic (exact) mass is 281 g/mol. The molecule has 0 radical (unpaired) electrons. The fourth-order valence-electron chi connectivity index (χ4n) is 1.38. The minimum absolute atomic E-state index is 0.237. The van der Waals surface area contributed by atoms with Gasteiger partial charge in [-0.15, -0.1) is 0 Å². The molecule has 1 aromatic rings. The van der Waals surface area contributed by atoms with Gasteiger partial charge in [-0.3, -0.25) is 4.79 Å². The number of benzene rings is 1. The molecule has 7 heteroatoms. The predicted octanol–water partition coefficient (Wildman–Crippen LogP) is 2.93. The summed E-state index contributed by atoms with van der Waals surface area (Å²) in [6.07, 6.45) is -5.10. The van der Waals surface area contributed by atoms with Crippen molar-refractivity contribution in [1.29, 1.82) is 0 Å². The van der Waals surface area contributed by atoms with Gasteiger partial charge >= 0.3 is 12.1 Å². The van der Waals surface area contributed by atoms with Crippen molar-refractivity contribution in [2.24, 2.45) is 0 Å². The van der Waals surface area contributed by atoms with E-state index in [0.29, 0.717) is 6.42 Å². The van der Waals surface area contributed by atoms with Crippen LogP contribution in [0, 0.1) is 0 Å². The minimum atomic E-state index is -5.86. The zero-order valence-corrected chi connectivity index (χ0v) is 9.81. The summed E-state index contributed by atoms with van der Waals surface area (Å²) in [4.78, 5) is 10.7. The normalized spacial score (nSPS) is 12.3. The number of amides is 1. The molecule has 1 N–H and O–H groups in total. The Labute approximate surface area is 106 Å². The van der Waals surface area contributed by atoms with E-state index in [0.717, 1.165) is 5.56 Å². The van der Waals surface area contributed by atoms with E-state index in [1.807, 2.05) is 0 Å². The molecule has 19 heavy (non-hydrogen) atoms. The van der Waals surface area contributed by atoms with E-state index in [1.54, 1.807) is 35.6 Å². The molecule has 0 unspecified atom stereocenters. The summed E-state index contributed by atoms with van der Waals surface area (Å²) in [5, 5.41) is 1.59. The van der Waals surface area contributed by atoms with Crippen LogP contribution in [0.1, 0.15) is 12.0 Å². The van der Waals surface area contributed by atoms with E-state index in [4.69, 9.17) is 0 Å². The lowest BCUT2D eigenvalue weighted by molar-refractivity contribution is -0.269. The third-order valence-electron chi connectivity index (χ3n) is 2.41. The maximum Gasteiger partial charge on any atom is 0.463 e. The molecule has 1 aromatic carbocycles. The van der Waals surface area contributed by atoms with Gasteiger partial charge in [-0.25, -0.2) is 0 Å². The van der Waals surface area contributed by atoms with Crippen LogP contribution < -0.4 is 5.32 Å². The van der Waals surface area contributed by atoms with Gasteiger partial charge in [0, 0.05) is 6.54 Å². The smallest absolute Gasteiger partial charge is 0.351 e. The van der Waals surface area contributed by atoms with Crippen LogP contribution >= 0.6 is 0 Å². The number of carbonyl (C=O) groups is 1. The molecule has 2 nitrogen and oxygen atoms in total. The molecule has 0 aliphatic heterocycles. The summed E-state index contributed by atoms with van der Waals surface area (Å²) in [5.74, 6) is -7.66. The number of hydrogen-bond acceptors (Lipinski definition) is 1. The SMILES string of the molecule is O=C(NCCCc1ccccc1)C(F)(F)C(F)(F)F. The molecule has 106 valence electrons. The number of alkyl halides is 5. The Bertz CT molecular complexity index is 416. The maximum absolute atomic E-state index is 12.5. The van der Waals surface area contributed by atoms with E-state index < -0.39 is 18.0 Å². The van der Waals surface area contributed by atoms with Crippen LogP contribution in [-0.4, -0.2) is 24.6 Å². The summed E-state index contributed by atoms with van der Waals surface area (Å²) in [7, 11) is 0. The number of aryl methyl sites for hydroxylation is 1. The van der Waals surface area contributed by atoms with Crippen LogP contribution in [0.4, 0.5) is 22.0 Å². The first-order valence-corrected chi connectivity index (χ1v) is 5.52. The maximum atomic E-state index is 12.5. The molecule has 0 bridgehead atoms. The molecule has 1 rings (SSSR count). The lowest BCUT2D eigenvalue weighted by Gasteiger charge is -2.18. The highest BCUT2D eigenvalue weighted by Crippen LogP contribution is 2.35. The molecular formula is C12H12F5NO. The van der Waals surface area contributed by atoms with Gasteiger partial charge < -0.3 is 5.32 Å². The Morgan fingerprint density at radius 3 is 2.16 bits per heavy atom. The number of carbonyl (C=O) groups excluding carboxylic acids is 1. The highest BCUT2D eigenvalue weighted by Gasteiger charge is 2.63. The molecule has 0 aliphatic rings. The van der Waals surface area contributed by atoms with Gasteiger partial charge in [-0.05, 0) is 18.4 Å². The van der Waals surface area contributed by atoms with E-state index in [-0.39, 0.29) is 13.0 Å². The molecule has 0 saturated heterocycles. The van der Waals surface area contributed by atoms with Gasteiger partial charge in [0.15, 0.2) is 0 Å². The zero-order chi connectivity index (χ0) is 14.5. The van der Waals surface area contributed by atoms with Gasteiger partial charge in [0.2, 0.25) is 0 Å². The summed E-state index contributed by atoms with van der Waals surface area (Å²) in [5.41, 5.74) is 0.916. The second kappa shape index (κ2) is 5.99. The van der Waals surface area contributed by atoms with Crippen LogP contribution in [0.25, 0.3) is 0 Å². The second-order valence-electron chi connectivity index (χ2n) is 3.92. The van der Waals surface area contributed by atoms with Crippen LogP contribution in [0.5, 0.6) is 0 Å². The standard InChI is InChI=1S/C12H12F5NO/c13-11(14,12(15,16)17)10(19)18-8-4-7-9-5-2-1-3-6-9/h1-3,5-6H,4,7-8H2,(H,18,19). The zero-order valence-electron chi connectivity index (χ0n) is 9.81. The van der Waals surface area contributed by atoms with E-state index in [9.17, 15) is 26.7 Å². The lowest BCUT2D eigenvalue weighted by atomic mass is 10.1. The molecule has 0 fully saturated rings. The van der Waals surface area contributed by atoms with Crippen molar-refractivity contribution < 1.29 is 26.7 Å². The fraction of sp³-hybridized carbons (Fsp3) is 0.417. The number of halogens is 5. The Morgan fingerprint density at radius 1 is 1.05 bits per heavy atom. The third-order valence-corrected chi connectivity index (χ3v) is 2.41. The van der Waals surface area contributed by atoms with Crippen LogP contribution in [0.15, 0.2) is 30.3 Å². The summed E-state index contributed by atoms with van der Waals surface area (Å²) in [6, 6.07) is 8.96. The van der Waals surface area contributed by atoms with Crippen molar-refractivity contribution in [3.05, 3.63) is 35.9 Å². The number of hydrogen-bond donors (Lipinski definition) is 1. The van der Waals surface area contributed by atoms with Gasteiger partial charge in [-0.2, -0.15) is 22.0 Å². The third kappa shape index (κ3) is 4.18. The molecule has 1 amide bonds. The predicted molar refractivity (Wildman–Crippen MR) is 58.8 cm³/mol. The average molecular weight is 281 g/mol. The number of rotatable bonds is 5. The summed E-state index contributed by atoms with van der Waals surface area (Å²) < 4.78 is 60.6. The topological polar surface area (TPSA) is 29.1 Å². The van der Waals surface area contributed by atoms with Gasteiger partial charge in [0.25, 0.3) is 5.91 Å². The fourth-order valence-corrected chi connectivity index (χ4v) is 1.38. The molecule has 0 atom stereocenters. The molecular weight excluding hydrogens is 269 g/mol. The van der Waals surface area contributed by atoms with Crippen molar-refractivity contribution in [3.63, 3.8) is 0 Å². The molecule has 0 heterocycles. The van der Waals surface area contributed by atoms with Crippen molar-refractivity contribution >= 4 is 5.91 Å². The van der Waals surface area contributed by atoms with E-state index in [1.165, 1.54) is 0 Å². The first-order valence-electron chi connectivity index (χ1n) is 5.52. The van der Waals surface area contributed by atoms with Crippen molar-refractivity contribution in [2.45, 2.75) is 24.9 Å². The molecule has 0 spiro atoms. The Morgan fingerprint density at radius 2 is 1.63 bits per heavy atom. The van der Waals surface area contributed by atoms with Crippen molar-refractivity contribution in [3.8, 4) is 0 Å². The quantitative estimate of drug-likeness (QED) is 0.652.